The second-order valence-corrected chi connectivity index (χ2v) is 20.0. The smallest absolute Gasteiger partial charge is 0.297 e. The Balaban J connectivity index is 1.52. The molecule has 0 atom stereocenters. The predicted octanol–water partition coefficient (Wildman–Crippen LogP) is 11.9. The van der Waals surface area contributed by atoms with Gasteiger partial charge in [0.05, 0.1) is 11.3 Å². The Morgan fingerprint density at radius 1 is 0.604 bits per heavy atom. The van der Waals surface area contributed by atoms with Crippen molar-refractivity contribution in [3.8, 4) is 0 Å². The highest BCUT2D eigenvalue weighted by molar-refractivity contribution is 6.99. The van der Waals surface area contributed by atoms with Crippen molar-refractivity contribution in [2.24, 2.45) is 0 Å². The fourth-order valence-corrected chi connectivity index (χ4v) is 8.64. The molecule has 0 fully saturated rings. The summed E-state index contributed by atoms with van der Waals surface area (Å²) in [6, 6.07) is 29.2. The number of benzene rings is 4. The predicted molar refractivity (Wildman–Crippen MR) is 229 cm³/mol. The third-order valence-corrected chi connectivity index (χ3v) is 11.8. The maximum atomic E-state index is 9.58. The van der Waals surface area contributed by atoms with Gasteiger partial charge in [-0.2, -0.15) is 0 Å². The molecule has 1 aromatic heterocycles. The van der Waals surface area contributed by atoms with Gasteiger partial charge in [0, 0.05) is 44.9 Å². The first-order chi connectivity index (χ1) is 26.1. The van der Waals surface area contributed by atoms with Crippen molar-refractivity contribution in [2.45, 2.75) is 137 Å². The number of aryl methyl sites for hydroxylation is 1. The molecule has 3 nitrogen and oxygen atoms in total. The van der Waals surface area contributed by atoms with E-state index < -0.39 is 23.6 Å². The average Bonchev–Trinajstić information content (AvgIpc) is 3.51. The highest BCUT2D eigenvalue weighted by Gasteiger charge is 2.52. The van der Waals surface area contributed by atoms with Crippen molar-refractivity contribution in [1.82, 2.24) is 0 Å². The molecule has 0 unspecified atom stereocenters. The van der Waals surface area contributed by atoms with Crippen LogP contribution in [0.25, 0.3) is 0 Å². The molecule has 0 radical (unpaired) electrons. The molecule has 53 heavy (non-hydrogen) atoms. The molecule has 0 spiro atoms. The maximum absolute atomic E-state index is 9.58. The van der Waals surface area contributed by atoms with Gasteiger partial charge in [0.15, 0.2) is 0 Å². The van der Waals surface area contributed by atoms with Crippen molar-refractivity contribution in [2.75, 3.05) is 9.80 Å². The van der Waals surface area contributed by atoms with Crippen molar-refractivity contribution < 1.29 is 9.90 Å². The van der Waals surface area contributed by atoms with Crippen LogP contribution in [0.15, 0.2) is 83.3 Å². The van der Waals surface area contributed by atoms with Crippen LogP contribution >= 0.6 is 0 Å². The van der Waals surface area contributed by atoms with Gasteiger partial charge in [0.25, 0.3) is 6.71 Å². The van der Waals surface area contributed by atoms with Crippen LogP contribution in [0.4, 0.5) is 34.1 Å². The van der Waals surface area contributed by atoms with E-state index in [9.17, 15) is 5.48 Å². The molecule has 0 saturated carbocycles. The van der Waals surface area contributed by atoms with E-state index in [0.29, 0.717) is 5.76 Å². The van der Waals surface area contributed by atoms with Crippen LogP contribution in [0.5, 0.6) is 0 Å². The van der Waals surface area contributed by atoms with E-state index in [1.807, 2.05) is 27.7 Å². The summed E-state index contributed by atoms with van der Waals surface area (Å²) in [6.07, 6.45) is -4.46. The van der Waals surface area contributed by atoms with E-state index in [1.165, 1.54) is 16.7 Å². The van der Waals surface area contributed by atoms with Crippen LogP contribution in [-0.4, -0.2) is 6.71 Å². The van der Waals surface area contributed by atoms with E-state index in [4.69, 9.17) is 4.42 Å². The summed E-state index contributed by atoms with van der Waals surface area (Å²) in [5, 5.41) is 0. The Hall–Kier alpha value is -4.18. The van der Waals surface area contributed by atoms with Crippen LogP contribution < -0.4 is 26.4 Å². The lowest BCUT2D eigenvalue weighted by atomic mass is 9.35. The first kappa shape index (κ1) is 31.2. The summed E-state index contributed by atoms with van der Waals surface area (Å²) < 4.78 is 45.3. The number of nitrogens with zero attached hydrogens (tertiary/aromatic N) is 2. The lowest BCUT2D eigenvalue weighted by Gasteiger charge is -2.44. The number of furan rings is 1. The Morgan fingerprint density at radius 2 is 1.08 bits per heavy atom. The lowest BCUT2D eigenvalue weighted by molar-refractivity contribution is 0.282. The van der Waals surface area contributed by atoms with Crippen molar-refractivity contribution in [3.63, 3.8) is 0 Å². The third kappa shape index (κ3) is 5.61. The average molecular weight is 707 g/mol. The standard InChI is InChI=1S/C49H59BN2O/c1-30-27-38-41-39(28-30)52(35-22-17-32(18-23-35)46(5,6)7)42-40-43(49(13,14)26-25-48(40,11)12)53-44(42)50(41)36-29-33(47(8,9)10)19-24-37(36)51(38)34-20-15-31(16-21-34)45(2,3)4/h15-24,27-29H,25-26H2,1-14H3/i25D2,26D2. The van der Waals surface area contributed by atoms with Gasteiger partial charge >= 0.3 is 0 Å². The normalized spacial score (nSPS) is 20.3. The van der Waals surface area contributed by atoms with Crippen molar-refractivity contribution >= 4 is 57.4 Å². The second-order valence-electron chi connectivity index (χ2n) is 20.0. The molecule has 4 aromatic carbocycles. The summed E-state index contributed by atoms with van der Waals surface area (Å²) in [7, 11) is 0. The van der Waals surface area contributed by atoms with Gasteiger partial charge in [-0.1, -0.05) is 126 Å². The molecule has 274 valence electrons. The molecule has 0 N–H and O–H groups in total. The molecule has 4 heteroatoms. The molecule has 3 heterocycles. The fourth-order valence-electron chi connectivity index (χ4n) is 8.64. The van der Waals surface area contributed by atoms with Gasteiger partial charge in [0.1, 0.15) is 5.76 Å². The van der Waals surface area contributed by atoms with Crippen LogP contribution in [0, 0.1) is 6.92 Å². The molecule has 5 aromatic rings. The second kappa shape index (κ2) is 11.4. The lowest BCUT2D eigenvalue weighted by Crippen LogP contribution is -2.61. The molecular formula is C49H59BN2O. The minimum absolute atomic E-state index is 0.0122. The van der Waals surface area contributed by atoms with Crippen LogP contribution in [0.3, 0.4) is 0 Å². The van der Waals surface area contributed by atoms with Crippen molar-refractivity contribution in [3.05, 3.63) is 112 Å². The minimum Gasteiger partial charge on any atom is -0.472 e. The SMILES string of the molecule is [2H]C1([2H])C(C)(C)c2oc3c(c2C(C)(C)C1([2H])[2H])N(c1ccc(C(C)(C)C)cc1)c1cc(C)cc2c1B3c1cc(C(C)(C)C)ccc1N2c1ccc(C(C)(C)C)cc1. The van der Waals surface area contributed by atoms with E-state index >= 15 is 0 Å². The zero-order chi connectivity index (χ0) is 41.8. The molecule has 0 bridgehead atoms. The summed E-state index contributed by atoms with van der Waals surface area (Å²) in [4.78, 5) is 4.72. The van der Waals surface area contributed by atoms with Gasteiger partial charge in [-0.05, 0) is 117 Å². The summed E-state index contributed by atoms with van der Waals surface area (Å²) in [5.41, 5.74) is 11.9. The van der Waals surface area contributed by atoms with Crippen LogP contribution in [-0.2, 0) is 27.1 Å². The Bertz CT molecular complexity index is 2440. The van der Waals surface area contributed by atoms with Gasteiger partial charge < -0.3 is 14.2 Å². The number of hydrogen-bond donors (Lipinski definition) is 0. The van der Waals surface area contributed by atoms with Gasteiger partial charge in [-0.15, -0.1) is 0 Å². The Kier molecular flexibility index (Phi) is 6.72. The zero-order valence-electron chi connectivity index (χ0n) is 38.4. The summed E-state index contributed by atoms with van der Waals surface area (Å²) in [6.45, 7) is 29.3. The number of hydrogen-bond acceptors (Lipinski definition) is 3. The summed E-state index contributed by atoms with van der Waals surface area (Å²) in [5.74, 6) is 0.522. The quantitative estimate of drug-likeness (QED) is 0.167. The number of fused-ring (bicyclic) bond motifs is 6. The maximum Gasteiger partial charge on any atom is 0.297 e. The third-order valence-electron chi connectivity index (χ3n) is 11.8. The minimum atomic E-state index is -2.23. The van der Waals surface area contributed by atoms with E-state index in [0.717, 1.165) is 61.8 Å². The van der Waals surface area contributed by atoms with Crippen LogP contribution in [0.1, 0.15) is 142 Å². The Morgan fingerprint density at radius 3 is 1.60 bits per heavy atom. The molecule has 3 aliphatic rings. The first-order valence-corrected chi connectivity index (χ1v) is 19.4. The summed E-state index contributed by atoms with van der Waals surface area (Å²) >= 11 is 0. The van der Waals surface area contributed by atoms with E-state index in [-0.39, 0.29) is 23.0 Å². The molecule has 0 saturated heterocycles. The highest BCUT2D eigenvalue weighted by atomic mass is 16.3. The molecule has 2 aliphatic heterocycles. The van der Waals surface area contributed by atoms with E-state index in [2.05, 4.69) is 158 Å². The fraction of sp³-hybridized carbons (Fsp3) is 0.429. The topological polar surface area (TPSA) is 19.6 Å². The van der Waals surface area contributed by atoms with Gasteiger partial charge in [0.2, 0.25) is 0 Å². The molecule has 0 amide bonds. The number of anilines is 6. The zero-order valence-corrected chi connectivity index (χ0v) is 34.4. The highest BCUT2D eigenvalue weighted by Crippen LogP contribution is 2.54. The first-order valence-electron chi connectivity index (χ1n) is 21.4. The molecule has 8 rings (SSSR count). The van der Waals surface area contributed by atoms with E-state index in [1.54, 1.807) is 0 Å². The van der Waals surface area contributed by atoms with Gasteiger partial charge in [-0.3, -0.25) is 0 Å². The largest absolute Gasteiger partial charge is 0.472 e. The van der Waals surface area contributed by atoms with Gasteiger partial charge in [-0.25, -0.2) is 0 Å². The molecule has 1 aliphatic carbocycles. The van der Waals surface area contributed by atoms with Crippen molar-refractivity contribution in [1.29, 1.82) is 0 Å². The molecular weight excluding hydrogens is 643 g/mol. The number of rotatable bonds is 2. The Labute approximate surface area is 325 Å². The monoisotopic (exact) mass is 706 g/mol. The van der Waals surface area contributed by atoms with Crippen LogP contribution in [0.2, 0.25) is 0 Å².